The molecule has 4 rings (SSSR count). The number of para-hydroxylation sites is 1. The van der Waals surface area contributed by atoms with Gasteiger partial charge in [0.2, 0.25) is 5.91 Å². The number of fused-ring (bicyclic) bond motifs is 1. The lowest BCUT2D eigenvalue weighted by atomic mass is 10.2. The van der Waals surface area contributed by atoms with Crippen molar-refractivity contribution in [1.29, 1.82) is 0 Å². The molecule has 0 atom stereocenters. The normalized spacial score (nSPS) is 12.3. The van der Waals surface area contributed by atoms with Crippen LogP contribution in [-0.4, -0.2) is 45.7 Å². The van der Waals surface area contributed by atoms with E-state index in [0.717, 1.165) is 11.3 Å². The van der Waals surface area contributed by atoms with Gasteiger partial charge in [0.25, 0.3) is 0 Å². The minimum Gasteiger partial charge on any atom is -0.486 e. The fraction of sp³-hybridized carbons (Fsp3) is 0.200. The molecule has 3 amide bonds. The summed E-state index contributed by atoms with van der Waals surface area (Å²) in [7, 11) is 0. The van der Waals surface area contributed by atoms with Crippen molar-refractivity contribution in [1.82, 2.24) is 20.1 Å². The Labute approximate surface area is 176 Å². The minimum absolute atomic E-state index is 0.0130. The fourth-order valence-corrected chi connectivity index (χ4v) is 3.62. The van der Waals surface area contributed by atoms with Crippen molar-refractivity contribution >= 4 is 29.4 Å². The van der Waals surface area contributed by atoms with Gasteiger partial charge < -0.3 is 14.8 Å². The SMILES string of the molecule is Cc1ccccc1-n1cnnc1SCC(=O)NC(=O)Nc1ccc2c(c1)OCCO2. The molecule has 9 nitrogen and oxygen atoms in total. The number of carbonyl (C=O) groups is 2. The number of aryl methyl sites for hydroxylation is 1. The van der Waals surface area contributed by atoms with Gasteiger partial charge in [0.15, 0.2) is 16.7 Å². The molecule has 2 aromatic carbocycles. The minimum atomic E-state index is -0.627. The molecule has 10 heteroatoms. The first-order chi connectivity index (χ1) is 14.6. The number of nitrogens with one attached hydrogen (secondary N) is 2. The van der Waals surface area contributed by atoms with E-state index in [4.69, 9.17) is 9.47 Å². The number of anilines is 1. The maximum Gasteiger partial charge on any atom is 0.325 e. The van der Waals surface area contributed by atoms with Gasteiger partial charge in [0, 0.05) is 11.8 Å². The maximum absolute atomic E-state index is 12.2. The number of rotatable bonds is 5. The van der Waals surface area contributed by atoms with E-state index in [2.05, 4.69) is 20.8 Å². The van der Waals surface area contributed by atoms with Crippen LogP contribution in [0.1, 0.15) is 5.56 Å². The molecule has 0 saturated carbocycles. The Morgan fingerprint density at radius 2 is 1.93 bits per heavy atom. The van der Waals surface area contributed by atoms with Gasteiger partial charge in [-0.05, 0) is 30.7 Å². The zero-order valence-electron chi connectivity index (χ0n) is 16.1. The molecule has 0 saturated heterocycles. The molecule has 0 fully saturated rings. The lowest BCUT2D eigenvalue weighted by Crippen LogP contribution is -2.35. The second-order valence-electron chi connectivity index (χ2n) is 6.42. The number of carbonyl (C=O) groups excluding carboxylic acids is 2. The summed E-state index contributed by atoms with van der Waals surface area (Å²) in [5, 5.41) is 13.5. The third-order valence-corrected chi connectivity index (χ3v) is 5.22. The van der Waals surface area contributed by atoms with Gasteiger partial charge >= 0.3 is 6.03 Å². The molecular weight excluding hydrogens is 406 g/mol. The first-order valence-corrected chi connectivity index (χ1v) is 10.2. The van der Waals surface area contributed by atoms with E-state index in [0.29, 0.717) is 35.6 Å². The zero-order chi connectivity index (χ0) is 20.9. The van der Waals surface area contributed by atoms with Crippen molar-refractivity contribution < 1.29 is 19.1 Å². The van der Waals surface area contributed by atoms with Crippen molar-refractivity contribution in [2.24, 2.45) is 0 Å². The van der Waals surface area contributed by atoms with E-state index in [1.165, 1.54) is 11.8 Å². The summed E-state index contributed by atoms with van der Waals surface area (Å²) in [5.41, 5.74) is 2.49. The molecule has 30 heavy (non-hydrogen) atoms. The third kappa shape index (κ3) is 4.54. The summed E-state index contributed by atoms with van der Waals surface area (Å²) in [6.07, 6.45) is 1.59. The van der Waals surface area contributed by atoms with E-state index in [-0.39, 0.29) is 5.75 Å². The van der Waals surface area contributed by atoms with E-state index in [1.54, 1.807) is 24.5 Å². The summed E-state index contributed by atoms with van der Waals surface area (Å²) in [6, 6.07) is 12.2. The second-order valence-corrected chi connectivity index (χ2v) is 7.36. The summed E-state index contributed by atoms with van der Waals surface area (Å²) in [6.45, 7) is 2.92. The third-order valence-electron chi connectivity index (χ3n) is 4.28. The van der Waals surface area contributed by atoms with Crippen LogP contribution in [0.3, 0.4) is 0 Å². The van der Waals surface area contributed by atoms with Crippen LogP contribution in [0.2, 0.25) is 0 Å². The number of hydrogen-bond acceptors (Lipinski definition) is 7. The molecule has 0 radical (unpaired) electrons. The second kappa shape index (κ2) is 8.87. The molecular formula is C20H19N5O4S. The van der Waals surface area contributed by atoms with E-state index >= 15 is 0 Å². The largest absolute Gasteiger partial charge is 0.486 e. The van der Waals surface area contributed by atoms with Crippen LogP contribution in [0.25, 0.3) is 5.69 Å². The molecule has 1 aliphatic heterocycles. The first kappa shape index (κ1) is 19.8. The average Bonchev–Trinajstić information content (AvgIpc) is 3.21. The number of urea groups is 1. The van der Waals surface area contributed by atoms with Crippen LogP contribution in [0.4, 0.5) is 10.5 Å². The Morgan fingerprint density at radius 3 is 2.77 bits per heavy atom. The molecule has 2 heterocycles. The van der Waals surface area contributed by atoms with Crippen LogP contribution >= 0.6 is 11.8 Å². The Balaban J connectivity index is 1.32. The zero-order valence-corrected chi connectivity index (χ0v) is 16.9. The van der Waals surface area contributed by atoms with Gasteiger partial charge in [-0.15, -0.1) is 10.2 Å². The van der Waals surface area contributed by atoms with E-state index in [9.17, 15) is 9.59 Å². The number of benzene rings is 2. The summed E-state index contributed by atoms with van der Waals surface area (Å²) < 4.78 is 12.7. The number of aromatic nitrogens is 3. The topological polar surface area (TPSA) is 107 Å². The first-order valence-electron chi connectivity index (χ1n) is 9.19. The van der Waals surface area contributed by atoms with Crippen LogP contribution in [0.5, 0.6) is 11.5 Å². The predicted molar refractivity (Wildman–Crippen MR) is 111 cm³/mol. The highest BCUT2D eigenvalue weighted by Gasteiger charge is 2.15. The van der Waals surface area contributed by atoms with Gasteiger partial charge in [0.05, 0.1) is 11.4 Å². The standard InChI is InChI=1S/C20H19N5O4S/c1-13-4-2-3-5-15(13)25-12-21-24-20(25)30-11-18(26)23-19(27)22-14-6-7-16-17(10-14)29-9-8-28-16/h2-7,10,12H,8-9,11H2,1H3,(H2,22,23,26,27). The van der Waals surface area contributed by atoms with Crippen molar-refractivity contribution in [2.75, 3.05) is 24.3 Å². The van der Waals surface area contributed by atoms with Crippen molar-refractivity contribution in [3.63, 3.8) is 0 Å². The molecule has 0 spiro atoms. The lowest BCUT2D eigenvalue weighted by molar-refractivity contribution is -0.117. The van der Waals surface area contributed by atoms with E-state index < -0.39 is 11.9 Å². The summed E-state index contributed by atoms with van der Waals surface area (Å²) >= 11 is 1.19. The summed E-state index contributed by atoms with van der Waals surface area (Å²) in [5.74, 6) is 0.738. The van der Waals surface area contributed by atoms with Crippen molar-refractivity contribution in [3.8, 4) is 17.2 Å². The van der Waals surface area contributed by atoms with Crippen LogP contribution in [0.15, 0.2) is 53.9 Å². The average molecular weight is 425 g/mol. The number of nitrogens with zero attached hydrogens (tertiary/aromatic N) is 3. The molecule has 0 aliphatic carbocycles. The predicted octanol–water partition coefficient (Wildman–Crippen LogP) is 2.79. The quantitative estimate of drug-likeness (QED) is 0.605. The van der Waals surface area contributed by atoms with Crippen molar-refractivity contribution in [3.05, 3.63) is 54.4 Å². The fourth-order valence-electron chi connectivity index (χ4n) is 2.90. The molecule has 3 aromatic rings. The lowest BCUT2D eigenvalue weighted by Gasteiger charge is -2.19. The molecule has 1 aliphatic rings. The van der Waals surface area contributed by atoms with Gasteiger partial charge in [0.1, 0.15) is 19.5 Å². The monoisotopic (exact) mass is 425 g/mol. The highest BCUT2D eigenvalue weighted by atomic mass is 32.2. The van der Waals surface area contributed by atoms with Crippen LogP contribution < -0.4 is 20.1 Å². The van der Waals surface area contributed by atoms with Crippen LogP contribution in [0, 0.1) is 6.92 Å². The maximum atomic E-state index is 12.2. The Kier molecular flexibility index (Phi) is 5.84. The molecule has 1 aromatic heterocycles. The van der Waals surface area contributed by atoms with Crippen LogP contribution in [-0.2, 0) is 4.79 Å². The van der Waals surface area contributed by atoms with Gasteiger partial charge in [-0.25, -0.2) is 4.79 Å². The number of amides is 3. The van der Waals surface area contributed by atoms with E-state index in [1.807, 2.05) is 35.8 Å². The number of hydrogen-bond donors (Lipinski definition) is 2. The van der Waals surface area contributed by atoms with Gasteiger partial charge in [-0.1, -0.05) is 30.0 Å². The Hall–Kier alpha value is -3.53. The molecule has 0 bridgehead atoms. The molecule has 154 valence electrons. The highest BCUT2D eigenvalue weighted by Crippen LogP contribution is 2.32. The van der Waals surface area contributed by atoms with Gasteiger partial charge in [-0.2, -0.15) is 0 Å². The molecule has 0 unspecified atom stereocenters. The smallest absolute Gasteiger partial charge is 0.325 e. The number of thioether (sulfide) groups is 1. The number of ether oxygens (including phenoxy) is 2. The Morgan fingerprint density at radius 1 is 1.13 bits per heavy atom. The van der Waals surface area contributed by atoms with Gasteiger partial charge in [-0.3, -0.25) is 14.7 Å². The highest BCUT2D eigenvalue weighted by molar-refractivity contribution is 7.99. The Bertz CT molecular complexity index is 1080. The summed E-state index contributed by atoms with van der Waals surface area (Å²) in [4.78, 5) is 24.3. The van der Waals surface area contributed by atoms with Crippen molar-refractivity contribution in [2.45, 2.75) is 12.1 Å². The molecule has 2 N–H and O–H groups in total. The number of imide groups is 1.